The molecule has 1 atom stereocenters. The summed E-state index contributed by atoms with van der Waals surface area (Å²) in [5, 5.41) is 8.81. The molecule has 0 fully saturated rings. The summed E-state index contributed by atoms with van der Waals surface area (Å²) >= 11 is 3.31. The first-order valence-corrected chi connectivity index (χ1v) is 11.1. The van der Waals surface area contributed by atoms with Crippen LogP contribution in [-0.2, 0) is 0 Å². The van der Waals surface area contributed by atoms with Crippen molar-refractivity contribution in [2.75, 3.05) is 24.3 Å². The molecule has 8 nitrogen and oxygen atoms in total. The number of carbonyl (C=O) groups is 2. The van der Waals surface area contributed by atoms with E-state index in [2.05, 4.69) is 41.9 Å². The summed E-state index contributed by atoms with van der Waals surface area (Å²) in [7, 11) is 1.51. The maximum atomic E-state index is 12.9. The number of pyridine rings is 1. The first-order valence-electron chi connectivity index (χ1n) is 10.3. The van der Waals surface area contributed by atoms with Crippen LogP contribution in [-0.4, -0.2) is 42.3 Å². The highest BCUT2D eigenvalue weighted by Gasteiger charge is 2.18. The van der Waals surface area contributed by atoms with E-state index in [0.29, 0.717) is 22.8 Å². The van der Waals surface area contributed by atoms with Crippen LogP contribution in [0.4, 0.5) is 11.5 Å². The number of amidine groups is 1. The molecular weight excluding hydrogens is 486 g/mol. The Bertz CT molecular complexity index is 1210. The zero-order valence-electron chi connectivity index (χ0n) is 18.1. The highest BCUT2D eigenvalue weighted by molar-refractivity contribution is 9.10. The van der Waals surface area contributed by atoms with Gasteiger partial charge in [-0.15, -0.1) is 0 Å². The van der Waals surface area contributed by atoms with E-state index in [4.69, 9.17) is 4.74 Å². The number of anilines is 2. The molecule has 3 N–H and O–H groups in total. The number of ether oxygens (including phenoxy) is 1. The molecule has 1 unspecified atom stereocenters. The first kappa shape index (κ1) is 22.5. The Kier molecular flexibility index (Phi) is 6.69. The molecule has 1 aromatic heterocycles. The second kappa shape index (κ2) is 9.83. The molecule has 0 spiro atoms. The number of rotatable bonds is 6. The van der Waals surface area contributed by atoms with Crippen LogP contribution in [0.25, 0.3) is 0 Å². The van der Waals surface area contributed by atoms with Gasteiger partial charge in [0.05, 0.1) is 24.4 Å². The van der Waals surface area contributed by atoms with Crippen molar-refractivity contribution in [3.63, 3.8) is 0 Å². The Labute approximate surface area is 199 Å². The maximum Gasteiger partial charge on any atom is 0.259 e. The van der Waals surface area contributed by atoms with Gasteiger partial charge in [0, 0.05) is 28.3 Å². The molecule has 9 heteroatoms. The van der Waals surface area contributed by atoms with Gasteiger partial charge in [-0.1, -0.05) is 12.1 Å². The number of hydrogen-bond donors (Lipinski definition) is 3. The van der Waals surface area contributed by atoms with E-state index in [9.17, 15) is 9.59 Å². The number of amides is 2. The van der Waals surface area contributed by atoms with Gasteiger partial charge >= 0.3 is 0 Å². The minimum Gasteiger partial charge on any atom is -0.497 e. The van der Waals surface area contributed by atoms with Gasteiger partial charge in [-0.3, -0.25) is 14.6 Å². The van der Waals surface area contributed by atoms with Gasteiger partial charge in [0.2, 0.25) is 0 Å². The van der Waals surface area contributed by atoms with Gasteiger partial charge in [0.1, 0.15) is 17.4 Å². The quantitative estimate of drug-likeness (QED) is 0.465. The molecule has 2 aromatic carbocycles. The van der Waals surface area contributed by atoms with Crippen LogP contribution in [0.1, 0.15) is 33.2 Å². The summed E-state index contributed by atoms with van der Waals surface area (Å²) in [4.78, 5) is 34.5. The number of hydrogen-bond acceptors (Lipinski definition) is 6. The first-order chi connectivity index (χ1) is 15.9. The lowest BCUT2D eigenvalue weighted by Crippen LogP contribution is -2.21. The molecule has 4 rings (SSSR count). The van der Waals surface area contributed by atoms with Crippen molar-refractivity contribution in [1.82, 2.24) is 10.3 Å². The van der Waals surface area contributed by atoms with E-state index in [0.717, 1.165) is 22.4 Å². The lowest BCUT2D eigenvalue weighted by molar-refractivity contribution is 0.102. The van der Waals surface area contributed by atoms with Crippen LogP contribution in [0.2, 0.25) is 0 Å². The summed E-state index contributed by atoms with van der Waals surface area (Å²) < 4.78 is 6.05. The Hall–Kier alpha value is -3.72. The standard InChI is InChI=1S/C24H22BrN5O3/c1-14-12-27-22(28-14)15-3-5-16(6-4-15)23(31)29-20-9-8-18(33-2)11-19(20)24(32)30-21-10-7-17(25)13-26-21/h3-11,13-14H,12H2,1-2H3,(H,27,28)(H,29,31)(H,26,30,32). The van der Waals surface area contributed by atoms with Gasteiger partial charge in [0.15, 0.2) is 0 Å². The smallest absolute Gasteiger partial charge is 0.259 e. The third kappa shape index (κ3) is 5.38. The van der Waals surface area contributed by atoms with Crippen molar-refractivity contribution in [2.24, 2.45) is 4.99 Å². The third-order valence-electron chi connectivity index (χ3n) is 5.02. The molecule has 33 heavy (non-hydrogen) atoms. The summed E-state index contributed by atoms with van der Waals surface area (Å²) in [5.74, 6) is 0.943. The normalized spacial score (nSPS) is 14.8. The molecule has 2 amide bonds. The molecule has 1 aliphatic rings. The van der Waals surface area contributed by atoms with Gasteiger partial charge in [0.25, 0.3) is 11.8 Å². The zero-order valence-corrected chi connectivity index (χ0v) is 19.6. The molecule has 0 bridgehead atoms. The molecule has 2 heterocycles. The molecule has 168 valence electrons. The minimum atomic E-state index is -0.422. The fourth-order valence-electron chi connectivity index (χ4n) is 3.29. The fourth-order valence-corrected chi connectivity index (χ4v) is 3.52. The van der Waals surface area contributed by atoms with Crippen molar-refractivity contribution in [2.45, 2.75) is 13.0 Å². The number of halogens is 1. The van der Waals surface area contributed by atoms with Gasteiger partial charge in [-0.05, 0) is 65.3 Å². The van der Waals surface area contributed by atoms with Crippen LogP contribution in [0, 0.1) is 0 Å². The van der Waals surface area contributed by atoms with Crippen molar-refractivity contribution >= 4 is 45.1 Å². The minimum absolute atomic E-state index is 0.232. The number of nitrogens with zero attached hydrogens (tertiary/aromatic N) is 2. The SMILES string of the molecule is COc1ccc(NC(=O)c2ccc(C3=NC(C)CN3)cc2)c(C(=O)Nc2ccc(Br)cn2)c1. The van der Waals surface area contributed by atoms with Gasteiger partial charge < -0.3 is 20.7 Å². The van der Waals surface area contributed by atoms with Crippen LogP contribution in [0.3, 0.4) is 0 Å². The molecule has 0 saturated carbocycles. The maximum absolute atomic E-state index is 12.9. The van der Waals surface area contributed by atoms with Crippen LogP contribution in [0.5, 0.6) is 5.75 Å². The molecule has 3 aromatic rings. The summed E-state index contributed by atoms with van der Waals surface area (Å²) in [5.41, 5.74) is 1.99. The number of carbonyl (C=O) groups excluding carboxylic acids is 2. The fraction of sp³-hybridized carbons (Fsp3) is 0.167. The molecule has 0 radical (unpaired) electrons. The van der Waals surface area contributed by atoms with Gasteiger partial charge in [-0.25, -0.2) is 4.98 Å². The third-order valence-corrected chi connectivity index (χ3v) is 5.49. The molecule has 1 aliphatic heterocycles. The molecule has 0 saturated heterocycles. The average molecular weight is 508 g/mol. The lowest BCUT2D eigenvalue weighted by Gasteiger charge is -2.13. The van der Waals surface area contributed by atoms with E-state index in [1.54, 1.807) is 48.7 Å². The number of nitrogens with one attached hydrogen (secondary N) is 3. The highest BCUT2D eigenvalue weighted by atomic mass is 79.9. The second-order valence-corrected chi connectivity index (χ2v) is 8.38. The number of benzene rings is 2. The Morgan fingerprint density at radius 2 is 1.85 bits per heavy atom. The Morgan fingerprint density at radius 3 is 2.48 bits per heavy atom. The second-order valence-electron chi connectivity index (χ2n) is 7.47. The van der Waals surface area contributed by atoms with E-state index < -0.39 is 5.91 Å². The number of methoxy groups -OCH3 is 1. The van der Waals surface area contributed by atoms with Crippen LogP contribution >= 0.6 is 15.9 Å². The van der Waals surface area contributed by atoms with E-state index in [-0.39, 0.29) is 17.5 Å². The van der Waals surface area contributed by atoms with Crippen molar-refractivity contribution in [3.8, 4) is 5.75 Å². The highest BCUT2D eigenvalue weighted by Crippen LogP contribution is 2.24. The lowest BCUT2D eigenvalue weighted by atomic mass is 10.1. The zero-order chi connectivity index (χ0) is 23.4. The topological polar surface area (TPSA) is 105 Å². The van der Waals surface area contributed by atoms with E-state index >= 15 is 0 Å². The molecular formula is C24H22BrN5O3. The summed E-state index contributed by atoms with van der Waals surface area (Å²) in [6.45, 7) is 2.84. The van der Waals surface area contributed by atoms with Crippen molar-refractivity contribution in [3.05, 3.63) is 82.0 Å². The van der Waals surface area contributed by atoms with Crippen LogP contribution < -0.4 is 20.7 Å². The predicted octanol–water partition coefficient (Wildman–Crippen LogP) is 4.10. The van der Waals surface area contributed by atoms with Crippen LogP contribution in [0.15, 0.2) is 70.3 Å². The van der Waals surface area contributed by atoms with Gasteiger partial charge in [-0.2, -0.15) is 0 Å². The average Bonchev–Trinajstić information content (AvgIpc) is 3.27. The largest absolute Gasteiger partial charge is 0.497 e. The van der Waals surface area contributed by atoms with E-state index in [1.807, 2.05) is 19.1 Å². The Morgan fingerprint density at radius 1 is 1.06 bits per heavy atom. The van der Waals surface area contributed by atoms with Crippen molar-refractivity contribution in [1.29, 1.82) is 0 Å². The van der Waals surface area contributed by atoms with Crippen molar-refractivity contribution < 1.29 is 14.3 Å². The number of aliphatic imine (C=N–C) groups is 1. The summed E-state index contributed by atoms with van der Waals surface area (Å²) in [6, 6.07) is 15.7. The monoisotopic (exact) mass is 507 g/mol. The number of aromatic nitrogens is 1. The predicted molar refractivity (Wildman–Crippen MR) is 131 cm³/mol. The molecule has 0 aliphatic carbocycles. The Balaban J connectivity index is 1.53. The summed E-state index contributed by atoms with van der Waals surface area (Å²) in [6.07, 6.45) is 1.58. The van der Waals surface area contributed by atoms with E-state index in [1.165, 1.54) is 7.11 Å².